The average molecular weight is 340 g/mol. The van der Waals surface area contributed by atoms with E-state index in [1.165, 1.54) is 13.0 Å². The Bertz CT molecular complexity index is 537. The molecule has 3 N–H and O–H groups in total. The van der Waals surface area contributed by atoms with E-state index in [9.17, 15) is 9.18 Å². The van der Waals surface area contributed by atoms with Crippen molar-refractivity contribution < 1.29 is 9.18 Å². The molecule has 0 saturated heterocycles. The van der Waals surface area contributed by atoms with Crippen molar-refractivity contribution in [1.82, 2.24) is 16.0 Å². The van der Waals surface area contributed by atoms with Crippen LogP contribution < -0.4 is 16.0 Å². The summed E-state index contributed by atoms with van der Waals surface area (Å²) in [6.45, 7) is 5.82. The Morgan fingerprint density at radius 3 is 2.61 bits per heavy atom. The molecule has 0 radical (unpaired) electrons. The van der Waals surface area contributed by atoms with Crippen LogP contribution in [-0.4, -0.2) is 37.8 Å². The molecule has 0 aromatic heterocycles. The average Bonchev–Trinajstić information content (AvgIpc) is 2.50. The van der Waals surface area contributed by atoms with Crippen LogP contribution in [0, 0.1) is 5.82 Å². The molecule has 0 aliphatic rings. The van der Waals surface area contributed by atoms with Gasteiger partial charge in [-0.25, -0.2) is 9.38 Å². The van der Waals surface area contributed by atoms with Gasteiger partial charge >= 0.3 is 0 Å². The van der Waals surface area contributed by atoms with Crippen molar-refractivity contribution >= 4 is 23.6 Å². The normalized spacial score (nSPS) is 11.2. The molecule has 0 unspecified atom stereocenters. The van der Waals surface area contributed by atoms with Gasteiger partial charge in [0.1, 0.15) is 5.82 Å². The number of carbonyl (C=O) groups is 1. The van der Waals surface area contributed by atoms with E-state index >= 15 is 0 Å². The number of hydrogen-bond donors (Lipinski definition) is 3. The summed E-state index contributed by atoms with van der Waals surface area (Å²) in [4.78, 5) is 15.4. The fourth-order valence-corrected chi connectivity index (χ4v) is 2.54. The number of hydrogen-bond acceptors (Lipinski definition) is 3. The van der Waals surface area contributed by atoms with Gasteiger partial charge in [0.05, 0.1) is 6.54 Å². The van der Waals surface area contributed by atoms with E-state index < -0.39 is 0 Å². The summed E-state index contributed by atoms with van der Waals surface area (Å²) in [6.07, 6.45) is 1.99. The maximum atomic E-state index is 13.4. The Labute approximate surface area is 141 Å². The van der Waals surface area contributed by atoms with Gasteiger partial charge in [-0.05, 0) is 36.4 Å². The number of aliphatic imine (C=N–C) groups is 1. The first kappa shape index (κ1) is 19.3. The minimum atomic E-state index is -0.220. The van der Waals surface area contributed by atoms with Gasteiger partial charge in [-0.1, -0.05) is 6.07 Å². The highest BCUT2D eigenvalue weighted by atomic mass is 32.2. The third-order valence-corrected chi connectivity index (χ3v) is 3.61. The predicted octanol–water partition coefficient (Wildman–Crippen LogP) is 1.88. The largest absolute Gasteiger partial charge is 0.357 e. The van der Waals surface area contributed by atoms with Crippen LogP contribution in [0.25, 0.3) is 0 Å². The molecule has 0 aliphatic carbocycles. The van der Waals surface area contributed by atoms with Crippen LogP contribution in [0.15, 0.2) is 23.2 Å². The van der Waals surface area contributed by atoms with Gasteiger partial charge in [0.15, 0.2) is 5.96 Å². The molecule has 0 heterocycles. The molecule has 23 heavy (non-hydrogen) atoms. The number of guanidine groups is 1. The first-order chi connectivity index (χ1) is 11.1. The molecule has 0 aliphatic heterocycles. The highest BCUT2D eigenvalue weighted by Crippen LogP contribution is 2.17. The number of rotatable bonds is 8. The number of halogens is 1. The second-order valence-corrected chi connectivity index (χ2v) is 5.82. The van der Waals surface area contributed by atoms with Crippen molar-refractivity contribution in [3.8, 4) is 0 Å². The molecule has 1 aromatic rings. The maximum absolute atomic E-state index is 13.4. The van der Waals surface area contributed by atoms with Crippen molar-refractivity contribution in [1.29, 1.82) is 0 Å². The lowest BCUT2D eigenvalue weighted by molar-refractivity contribution is -0.118. The fraction of sp³-hybridized carbons (Fsp3) is 0.500. The first-order valence-electron chi connectivity index (χ1n) is 7.59. The number of benzene rings is 1. The van der Waals surface area contributed by atoms with E-state index in [0.29, 0.717) is 25.6 Å². The standard InChI is InChI=1S/C16H25FN4OS/c1-4-18-16(20-8-7-19-12(2)22)21-10-13-5-6-15(17)9-14(13)11-23-3/h5-6,9H,4,7-8,10-11H2,1-3H3,(H,19,22)(H2,18,20,21). The van der Waals surface area contributed by atoms with E-state index in [1.54, 1.807) is 23.9 Å². The van der Waals surface area contributed by atoms with Crippen molar-refractivity contribution in [3.05, 3.63) is 35.1 Å². The quantitative estimate of drug-likeness (QED) is 0.384. The molecule has 0 bridgehead atoms. The van der Waals surface area contributed by atoms with Gasteiger partial charge in [-0.2, -0.15) is 11.8 Å². The van der Waals surface area contributed by atoms with Crippen LogP contribution in [0.3, 0.4) is 0 Å². The lowest BCUT2D eigenvalue weighted by Gasteiger charge is -2.12. The van der Waals surface area contributed by atoms with E-state index in [-0.39, 0.29) is 11.7 Å². The zero-order valence-electron chi connectivity index (χ0n) is 13.9. The number of thioether (sulfide) groups is 1. The van der Waals surface area contributed by atoms with Crippen LogP contribution in [0.4, 0.5) is 4.39 Å². The molecule has 128 valence electrons. The minimum Gasteiger partial charge on any atom is -0.357 e. The summed E-state index contributed by atoms with van der Waals surface area (Å²) < 4.78 is 13.4. The highest BCUT2D eigenvalue weighted by molar-refractivity contribution is 7.97. The summed E-state index contributed by atoms with van der Waals surface area (Å²) >= 11 is 1.66. The maximum Gasteiger partial charge on any atom is 0.216 e. The molecule has 1 rings (SSSR count). The van der Waals surface area contributed by atoms with E-state index in [0.717, 1.165) is 23.4 Å². The zero-order chi connectivity index (χ0) is 17.1. The molecule has 1 aromatic carbocycles. The SMILES string of the molecule is CCNC(=NCc1ccc(F)cc1CSC)NCCNC(C)=O. The monoisotopic (exact) mass is 340 g/mol. The third-order valence-electron chi connectivity index (χ3n) is 3.01. The van der Waals surface area contributed by atoms with Crippen molar-refractivity contribution in [3.63, 3.8) is 0 Å². The topological polar surface area (TPSA) is 65.5 Å². The molecule has 0 saturated carbocycles. The van der Waals surface area contributed by atoms with E-state index in [1.807, 2.05) is 13.2 Å². The molecule has 0 spiro atoms. The number of carbonyl (C=O) groups excluding carboxylic acids is 1. The van der Waals surface area contributed by atoms with Gasteiger partial charge in [-0.15, -0.1) is 0 Å². The molecule has 0 atom stereocenters. The third kappa shape index (κ3) is 7.88. The van der Waals surface area contributed by atoms with Crippen molar-refractivity contribution in [2.45, 2.75) is 26.1 Å². The van der Waals surface area contributed by atoms with Crippen LogP contribution in [0.2, 0.25) is 0 Å². The lowest BCUT2D eigenvalue weighted by Crippen LogP contribution is -2.41. The van der Waals surface area contributed by atoms with Gasteiger partial charge in [0, 0.05) is 32.3 Å². The zero-order valence-corrected chi connectivity index (χ0v) is 14.7. The molecule has 5 nitrogen and oxygen atoms in total. The second-order valence-electron chi connectivity index (χ2n) is 4.95. The fourth-order valence-electron chi connectivity index (χ4n) is 1.96. The summed E-state index contributed by atoms with van der Waals surface area (Å²) in [5.41, 5.74) is 1.98. The van der Waals surface area contributed by atoms with Gasteiger partial charge in [0.2, 0.25) is 5.91 Å². The summed E-state index contributed by atoms with van der Waals surface area (Å²) in [7, 11) is 0. The summed E-state index contributed by atoms with van der Waals surface area (Å²) in [5, 5.41) is 9.02. The van der Waals surface area contributed by atoms with Gasteiger partial charge in [-0.3, -0.25) is 4.79 Å². The van der Waals surface area contributed by atoms with Gasteiger partial charge < -0.3 is 16.0 Å². The molecule has 0 fully saturated rings. The van der Waals surface area contributed by atoms with E-state index in [4.69, 9.17) is 0 Å². The molecular weight excluding hydrogens is 315 g/mol. The Hall–Kier alpha value is -1.76. The number of amides is 1. The van der Waals surface area contributed by atoms with Gasteiger partial charge in [0.25, 0.3) is 0 Å². The van der Waals surface area contributed by atoms with Crippen LogP contribution in [0.1, 0.15) is 25.0 Å². The Balaban J connectivity index is 2.67. The summed E-state index contributed by atoms with van der Waals surface area (Å²) in [5.74, 6) is 1.16. The number of nitrogens with one attached hydrogen (secondary N) is 3. The van der Waals surface area contributed by atoms with Crippen LogP contribution in [0.5, 0.6) is 0 Å². The van der Waals surface area contributed by atoms with Crippen LogP contribution in [-0.2, 0) is 17.1 Å². The Morgan fingerprint density at radius 2 is 1.96 bits per heavy atom. The molecular formula is C16H25FN4OS. The van der Waals surface area contributed by atoms with Crippen molar-refractivity contribution in [2.24, 2.45) is 4.99 Å². The summed E-state index contributed by atoms with van der Waals surface area (Å²) in [6, 6.07) is 4.82. The minimum absolute atomic E-state index is 0.0539. The Morgan fingerprint density at radius 1 is 1.22 bits per heavy atom. The second kappa shape index (κ2) is 10.9. The van der Waals surface area contributed by atoms with Crippen LogP contribution >= 0.6 is 11.8 Å². The lowest BCUT2D eigenvalue weighted by atomic mass is 10.1. The first-order valence-corrected chi connectivity index (χ1v) is 8.99. The predicted molar refractivity (Wildman–Crippen MR) is 95.1 cm³/mol. The molecule has 1 amide bonds. The smallest absolute Gasteiger partial charge is 0.216 e. The van der Waals surface area contributed by atoms with Crippen molar-refractivity contribution in [2.75, 3.05) is 25.9 Å². The highest BCUT2D eigenvalue weighted by Gasteiger charge is 2.04. The Kier molecular flexibility index (Phi) is 9.12. The van der Waals surface area contributed by atoms with E-state index in [2.05, 4.69) is 20.9 Å². The number of nitrogens with zero attached hydrogens (tertiary/aromatic N) is 1. The molecule has 7 heteroatoms.